The van der Waals surface area contributed by atoms with Gasteiger partial charge in [0.2, 0.25) is 0 Å². The molecule has 0 fully saturated rings. The second kappa shape index (κ2) is 5.62. The molecule has 0 unspecified atom stereocenters. The van der Waals surface area contributed by atoms with Gasteiger partial charge in [-0.05, 0) is 37.5 Å². The Morgan fingerprint density at radius 1 is 1.06 bits per heavy atom. The van der Waals surface area contributed by atoms with E-state index >= 15 is 0 Å². The van der Waals surface area contributed by atoms with E-state index in [1.165, 1.54) is 5.56 Å². The molecule has 0 saturated carbocycles. The number of rotatable bonds is 5. The number of hydrogen-bond donors (Lipinski definition) is 1. The Balaban J connectivity index is 2.75. The molecule has 0 aliphatic heterocycles. The summed E-state index contributed by atoms with van der Waals surface area (Å²) in [4.78, 5) is 22.0. The molecule has 92 valence electrons. The first-order chi connectivity index (χ1) is 7.90. The lowest BCUT2D eigenvalue weighted by atomic mass is 9.95. The summed E-state index contributed by atoms with van der Waals surface area (Å²) in [6.45, 7) is 6.00. The van der Waals surface area contributed by atoms with Gasteiger partial charge in [0.15, 0.2) is 0 Å². The van der Waals surface area contributed by atoms with Crippen LogP contribution in [0, 0.1) is 20.8 Å². The molecule has 0 aliphatic carbocycles. The van der Waals surface area contributed by atoms with E-state index in [1.807, 2.05) is 32.9 Å². The fourth-order valence-corrected chi connectivity index (χ4v) is 2.02. The van der Waals surface area contributed by atoms with Crippen LogP contribution in [-0.2, 0) is 16.0 Å². The van der Waals surface area contributed by atoms with Gasteiger partial charge in [-0.1, -0.05) is 17.7 Å². The number of aliphatic carboxylic acids is 1. The molecule has 3 heteroatoms. The van der Waals surface area contributed by atoms with Gasteiger partial charge in [0.05, 0.1) is 6.42 Å². The lowest BCUT2D eigenvalue weighted by Crippen LogP contribution is -2.08. The van der Waals surface area contributed by atoms with Gasteiger partial charge in [-0.15, -0.1) is 0 Å². The van der Waals surface area contributed by atoms with E-state index in [0.29, 0.717) is 6.42 Å². The predicted molar refractivity (Wildman–Crippen MR) is 66.2 cm³/mol. The Kier molecular flexibility index (Phi) is 4.44. The average Bonchev–Trinajstić information content (AvgIpc) is 2.20. The van der Waals surface area contributed by atoms with Crippen molar-refractivity contribution in [1.29, 1.82) is 0 Å². The average molecular weight is 234 g/mol. The molecule has 17 heavy (non-hydrogen) atoms. The van der Waals surface area contributed by atoms with Gasteiger partial charge in [0.1, 0.15) is 5.78 Å². The summed E-state index contributed by atoms with van der Waals surface area (Å²) >= 11 is 0. The molecule has 1 N–H and O–H groups in total. The van der Waals surface area contributed by atoms with Crippen molar-refractivity contribution in [2.24, 2.45) is 0 Å². The van der Waals surface area contributed by atoms with Crippen LogP contribution >= 0.6 is 0 Å². The summed E-state index contributed by atoms with van der Waals surface area (Å²) < 4.78 is 0. The van der Waals surface area contributed by atoms with Gasteiger partial charge in [0.25, 0.3) is 0 Å². The fourth-order valence-electron chi connectivity index (χ4n) is 2.02. The molecule has 1 aromatic rings. The van der Waals surface area contributed by atoms with Gasteiger partial charge < -0.3 is 5.11 Å². The summed E-state index contributed by atoms with van der Waals surface area (Å²) in [5.41, 5.74) is 4.42. The highest BCUT2D eigenvalue weighted by atomic mass is 16.4. The first-order valence-electron chi connectivity index (χ1n) is 5.70. The third kappa shape index (κ3) is 4.02. The highest BCUT2D eigenvalue weighted by Crippen LogP contribution is 2.17. The molecular weight excluding hydrogens is 216 g/mol. The number of ketones is 1. The van der Waals surface area contributed by atoms with E-state index in [1.54, 1.807) is 0 Å². The fraction of sp³-hybridized carbons (Fsp3) is 0.429. The van der Waals surface area contributed by atoms with Crippen molar-refractivity contribution < 1.29 is 14.7 Å². The third-order valence-corrected chi connectivity index (χ3v) is 2.83. The largest absolute Gasteiger partial charge is 0.481 e. The molecule has 3 nitrogen and oxygen atoms in total. The number of hydrogen-bond acceptors (Lipinski definition) is 2. The Morgan fingerprint density at radius 3 is 2.06 bits per heavy atom. The lowest BCUT2D eigenvalue weighted by Gasteiger charge is -2.10. The summed E-state index contributed by atoms with van der Waals surface area (Å²) in [6.07, 6.45) is 0.371. The van der Waals surface area contributed by atoms with E-state index in [4.69, 9.17) is 5.11 Å². The van der Waals surface area contributed by atoms with Crippen molar-refractivity contribution in [3.8, 4) is 0 Å². The number of carboxylic acid groups (broad SMARTS) is 1. The molecule has 0 aromatic heterocycles. The van der Waals surface area contributed by atoms with Crippen LogP contribution in [0.1, 0.15) is 35.1 Å². The van der Waals surface area contributed by atoms with Crippen LogP contribution in [-0.4, -0.2) is 16.9 Å². The molecule has 0 atom stereocenters. The van der Waals surface area contributed by atoms with Crippen molar-refractivity contribution in [2.75, 3.05) is 0 Å². The number of carbonyl (C=O) groups excluding carboxylic acids is 1. The number of benzene rings is 1. The van der Waals surface area contributed by atoms with Crippen molar-refractivity contribution in [3.05, 3.63) is 34.4 Å². The zero-order valence-corrected chi connectivity index (χ0v) is 10.5. The number of carbonyl (C=O) groups is 2. The molecule has 0 spiro atoms. The minimum absolute atomic E-state index is 0.0116. The second-order valence-electron chi connectivity index (χ2n) is 4.49. The maximum atomic E-state index is 11.6. The molecule has 1 rings (SSSR count). The normalized spacial score (nSPS) is 10.3. The standard InChI is InChI=1S/C14H18O3/c1-9-6-10(2)13(11(3)7-9)8-12(15)4-5-14(16)17/h6-7H,4-5,8H2,1-3H3,(H,16,17). The Labute approximate surface area is 101 Å². The third-order valence-electron chi connectivity index (χ3n) is 2.83. The Hall–Kier alpha value is -1.64. The van der Waals surface area contributed by atoms with E-state index in [9.17, 15) is 9.59 Å². The first-order valence-corrected chi connectivity index (χ1v) is 5.70. The topological polar surface area (TPSA) is 54.4 Å². The van der Waals surface area contributed by atoms with Crippen LogP contribution < -0.4 is 0 Å². The highest BCUT2D eigenvalue weighted by Gasteiger charge is 2.10. The number of Topliss-reactive ketones (excluding diaryl/α,β-unsaturated/α-hetero) is 1. The van der Waals surface area contributed by atoms with E-state index in [2.05, 4.69) is 0 Å². The van der Waals surface area contributed by atoms with Gasteiger partial charge >= 0.3 is 5.97 Å². The van der Waals surface area contributed by atoms with E-state index < -0.39 is 5.97 Å². The van der Waals surface area contributed by atoms with Crippen molar-refractivity contribution in [1.82, 2.24) is 0 Å². The van der Waals surface area contributed by atoms with Crippen LogP contribution in [0.25, 0.3) is 0 Å². The zero-order valence-electron chi connectivity index (χ0n) is 10.5. The summed E-state index contributed by atoms with van der Waals surface area (Å²) in [7, 11) is 0. The molecule has 0 aliphatic rings. The number of aryl methyl sites for hydroxylation is 3. The monoisotopic (exact) mass is 234 g/mol. The van der Waals surface area contributed by atoms with Crippen molar-refractivity contribution in [2.45, 2.75) is 40.0 Å². The predicted octanol–water partition coefficient (Wildman–Crippen LogP) is 2.59. The van der Waals surface area contributed by atoms with Gasteiger partial charge in [0, 0.05) is 12.8 Å². The molecule has 1 aromatic carbocycles. The van der Waals surface area contributed by atoms with Crippen LogP contribution in [0.5, 0.6) is 0 Å². The maximum absolute atomic E-state index is 11.6. The van der Waals surface area contributed by atoms with Crippen LogP contribution in [0.4, 0.5) is 0 Å². The summed E-state index contributed by atoms with van der Waals surface area (Å²) in [5.74, 6) is -0.932. The minimum atomic E-state index is -0.921. The number of carboxylic acids is 1. The first kappa shape index (κ1) is 13.4. The van der Waals surface area contributed by atoms with E-state index in [0.717, 1.165) is 16.7 Å². The SMILES string of the molecule is Cc1cc(C)c(CC(=O)CCC(=O)O)c(C)c1. The van der Waals surface area contributed by atoms with Gasteiger partial charge in [-0.2, -0.15) is 0 Å². The van der Waals surface area contributed by atoms with Crippen LogP contribution in [0.2, 0.25) is 0 Å². The van der Waals surface area contributed by atoms with Gasteiger partial charge in [-0.3, -0.25) is 9.59 Å². The lowest BCUT2D eigenvalue weighted by molar-refractivity contribution is -0.138. The molecule has 0 bridgehead atoms. The second-order valence-corrected chi connectivity index (χ2v) is 4.49. The van der Waals surface area contributed by atoms with Crippen molar-refractivity contribution >= 4 is 11.8 Å². The van der Waals surface area contributed by atoms with Gasteiger partial charge in [-0.25, -0.2) is 0 Å². The molecule has 0 heterocycles. The van der Waals surface area contributed by atoms with E-state index in [-0.39, 0.29) is 18.6 Å². The Bertz CT molecular complexity index is 424. The molecule has 0 saturated heterocycles. The summed E-state index contributed by atoms with van der Waals surface area (Å²) in [6, 6.07) is 4.10. The maximum Gasteiger partial charge on any atom is 0.303 e. The Morgan fingerprint density at radius 2 is 1.59 bits per heavy atom. The quantitative estimate of drug-likeness (QED) is 0.852. The molecule has 0 radical (unpaired) electrons. The van der Waals surface area contributed by atoms with Crippen LogP contribution in [0.3, 0.4) is 0 Å². The molecule has 0 amide bonds. The minimum Gasteiger partial charge on any atom is -0.481 e. The summed E-state index contributed by atoms with van der Waals surface area (Å²) in [5, 5.41) is 8.52. The zero-order chi connectivity index (χ0) is 13.0. The van der Waals surface area contributed by atoms with Crippen LogP contribution in [0.15, 0.2) is 12.1 Å². The highest BCUT2D eigenvalue weighted by molar-refractivity contribution is 5.84. The smallest absolute Gasteiger partial charge is 0.303 e. The van der Waals surface area contributed by atoms with Crippen molar-refractivity contribution in [3.63, 3.8) is 0 Å². The molecular formula is C14H18O3.